The lowest BCUT2D eigenvalue weighted by Crippen LogP contribution is -2.44. The van der Waals surface area contributed by atoms with Gasteiger partial charge < -0.3 is 15.0 Å². The van der Waals surface area contributed by atoms with E-state index in [-0.39, 0.29) is 18.3 Å². The number of benzene rings is 1. The van der Waals surface area contributed by atoms with Crippen molar-refractivity contribution in [1.29, 1.82) is 0 Å². The number of nitrogens with one attached hydrogen (secondary N) is 1. The van der Waals surface area contributed by atoms with Crippen LogP contribution in [0.25, 0.3) is 0 Å². The fraction of sp³-hybridized carbons (Fsp3) is 0.588. The van der Waals surface area contributed by atoms with Gasteiger partial charge in [-0.05, 0) is 49.9 Å². The van der Waals surface area contributed by atoms with Gasteiger partial charge in [0.15, 0.2) is 6.10 Å². The molecule has 1 unspecified atom stereocenters. The predicted octanol–water partition coefficient (Wildman–Crippen LogP) is 2.18. The summed E-state index contributed by atoms with van der Waals surface area (Å²) >= 11 is 0. The Morgan fingerprint density at radius 3 is 2.77 bits per heavy atom. The van der Waals surface area contributed by atoms with Crippen LogP contribution in [0.3, 0.4) is 0 Å². The van der Waals surface area contributed by atoms with Crippen molar-refractivity contribution in [2.75, 3.05) is 33.3 Å². The molecule has 4 nitrogen and oxygen atoms in total. The Labute approximate surface area is 138 Å². The minimum atomic E-state index is -0.393. The number of halogens is 1. The summed E-state index contributed by atoms with van der Waals surface area (Å²) in [5.74, 6) is 0.837. The maximum absolute atomic E-state index is 12.8. The van der Waals surface area contributed by atoms with Crippen molar-refractivity contribution in [2.45, 2.75) is 25.4 Å². The summed E-state index contributed by atoms with van der Waals surface area (Å²) in [6.07, 6.45) is 2.68. The number of hydrogen-bond acceptors (Lipinski definition) is 3. The number of carbonyl (C=O) groups is 1. The van der Waals surface area contributed by atoms with E-state index in [2.05, 4.69) is 11.4 Å². The second-order valence-corrected chi connectivity index (χ2v) is 6.03. The number of hydrogen-bond donors (Lipinski definition) is 1. The first-order valence-corrected chi connectivity index (χ1v) is 7.92. The van der Waals surface area contributed by atoms with E-state index < -0.39 is 6.10 Å². The lowest BCUT2D eigenvalue weighted by Gasteiger charge is -2.35. The average molecular weight is 325 g/mol. The topological polar surface area (TPSA) is 41.6 Å². The highest BCUT2D eigenvalue weighted by atomic mass is 35.5. The molecule has 1 aromatic rings. The molecule has 1 atom stereocenters. The minimum absolute atomic E-state index is 0. The zero-order valence-electron chi connectivity index (χ0n) is 13.1. The maximum atomic E-state index is 12.8. The standard InChI is InChI=1S/C17H24N2O2.ClH/c1-18-12-13-6-9-19(10-7-13)17(20)16-15-5-3-2-4-14(15)8-11-21-16;/h2-5,13,16,18H,6-12H2,1H3;1H. The summed E-state index contributed by atoms with van der Waals surface area (Å²) in [7, 11) is 1.99. The predicted molar refractivity (Wildman–Crippen MR) is 89.3 cm³/mol. The zero-order chi connectivity index (χ0) is 14.7. The molecule has 1 saturated heterocycles. The van der Waals surface area contributed by atoms with Gasteiger partial charge in [-0.3, -0.25) is 4.79 Å². The van der Waals surface area contributed by atoms with Crippen LogP contribution >= 0.6 is 12.4 Å². The molecule has 0 spiro atoms. The van der Waals surface area contributed by atoms with Gasteiger partial charge in [-0.1, -0.05) is 24.3 Å². The average Bonchev–Trinajstić information content (AvgIpc) is 2.55. The molecular weight excluding hydrogens is 300 g/mol. The van der Waals surface area contributed by atoms with Gasteiger partial charge in [0.2, 0.25) is 0 Å². The van der Waals surface area contributed by atoms with Gasteiger partial charge in [0.1, 0.15) is 0 Å². The van der Waals surface area contributed by atoms with Crippen LogP contribution in [-0.2, 0) is 16.0 Å². The molecule has 122 valence electrons. The van der Waals surface area contributed by atoms with E-state index in [9.17, 15) is 4.79 Å². The molecule has 1 N–H and O–H groups in total. The molecule has 0 aromatic heterocycles. The van der Waals surface area contributed by atoms with E-state index in [1.807, 2.05) is 30.1 Å². The number of likely N-dealkylation sites (tertiary alicyclic amines) is 1. The number of fused-ring (bicyclic) bond motifs is 1. The van der Waals surface area contributed by atoms with Crippen LogP contribution < -0.4 is 5.32 Å². The van der Waals surface area contributed by atoms with Crippen molar-refractivity contribution in [3.63, 3.8) is 0 Å². The molecule has 1 amide bonds. The second-order valence-electron chi connectivity index (χ2n) is 6.03. The molecule has 1 aromatic carbocycles. The van der Waals surface area contributed by atoms with E-state index in [4.69, 9.17) is 4.74 Å². The first kappa shape index (κ1) is 17.3. The number of nitrogens with zero attached hydrogens (tertiary/aromatic N) is 1. The molecule has 22 heavy (non-hydrogen) atoms. The van der Waals surface area contributed by atoms with Gasteiger partial charge in [-0.2, -0.15) is 0 Å². The lowest BCUT2D eigenvalue weighted by molar-refractivity contribution is -0.146. The van der Waals surface area contributed by atoms with Crippen molar-refractivity contribution in [2.24, 2.45) is 5.92 Å². The molecule has 0 bridgehead atoms. The SMILES string of the molecule is CNCC1CCN(C(=O)C2OCCc3ccccc32)CC1.Cl. The van der Waals surface area contributed by atoms with Crippen LogP contribution in [0, 0.1) is 5.92 Å². The van der Waals surface area contributed by atoms with E-state index in [0.717, 1.165) is 44.5 Å². The number of rotatable bonds is 3. The number of ether oxygens (including phenoxy) is 1. The van der Waals surface area contributed by atoms with E-state index in [0.29, 0.717) is 12.5 Å². The lowest BCUT2D eigenvalue weighted by atomic mass is 9.94. The number of carbonyl (C=O) groups excluding carboxylic acids is 1. The van der Waals surface area contributed by atoms with Gasteiger partial charge in [0, 0.05) is 13.1 Å². The Morgan fingerprint density at radius 1 is 1.32 bits per heavy atom. The van der Waals surface area contributed by atoms with Crippen LogP contribution in [-0.4, -0.2) is 44.1 Å². The molecule has 5 heteroatoms. The Kier molecular flexibility index (Phi) is 6.24. The van der Waals surface area contributed by atoms with E-state index in [1.165, 1.54) is 5.56 Å². The van der Waals surface area contributed by atoms with Crippen LogP contribution in [0.1, 0.15) is 30.1 Å². The minimum Gasteiger partial charge on any atom is -0.363 e. The van der Waals surface area contributed by atoms with Gasteiger partial charge >= 0.3 is 0 Å². The van der Waals surface area contributed by atoms with Crippen molar-refractivity contribution >= 4 is 18.3 Å². The first-order valence-electron chi connectivity index (χ1n) is 7.92. The monoisotopic (exact) mass is 324 g/mol. The Hall–Kier alpha value is -1.10. The third kappa shape index (κ3) is 3.62. The molecule has 0 radical (unpaired) electrons. The fourth-order valence-corrected chi connectivity index (χ4v) is 3.41. The van der Waals surface area contributed by atoms with Crippen LogP contribution in [0.2, 0.25) is 0 Å². The molecular formula is C17H25ClN2O2. The quantitative estimate of drug-likeness (QED) is 0.926. The Morgan fingerprint density at radius 2 is 2.05 bits per heavy atom. The highest BCUT2D eigenvalue weighted by Gasteiger charge is 2.32. The summed E-state index contributed by atoms with van der Waals surface area (Å²) < 4.78 is 5.79. The van der Waals surface area contributed by atoms with Crippen molar-refractivity contribution in [1.82, 2.24) is 10.2 Å². The van der Waals surface area contributed by atoms with Gasteiger partial charge in [-0.15, -0.1) is 12.4 Å². The highest BCUT2D eigenvalue weighted by Crippen LogP contribution is 2.30. The molecule has 3 rings (SSSR count). The Balaban J connectivity index is 0.00000176. The summed E-state index contributed by atoms with van der Waals surface area (Å²) in [4.78, 5) is 14.8. The van der Waals surface area contributed by atoms with E-state index >= 15 is 0 Å². The highest BCUT2D eigenvalue weighted by molar-refractivity contribution is 5.85. The van der Waals surface area contributed by atoms with Crippen LogP contribution in [0.4, 0.5) is 0 Å². The largest absolute Gasteiger partial charge is 0.363 e. The van der Waals surface area contributed by atoms with Crippen LogP contribution in [0.5, 0.6) is 0 Å². The van der Waals surface area contributed by atoms with Crippen molar-refractivity contribution in [3.05, 3.63) is 35.4 Å². The maximum Gasteiger partial charge on any atom is 0.256 e. The first-order chi connectivity index (χ1) is 10.3. The van der Waals surface area contributed by atoms with Gasteiger partial charge in [0.25, 0.3) is 5.91 Å². The van der Waals surface area contributed by atoms with Crippen molar-refractivity contribution in [3.8, 4) is 0 Å². The molecule has 2 aliphatic heterocycles. The summed E-state index contributed by atoms with van der Waals surface area (Å²) in [5.41, 5.74) is 2.32. The molecule has 1 fully saturated rings. The number of piperidine rings is 1. The van der Waals surface area contributed by atoms with Gasteiger partial charge in [-0.25, -0.2) is 0 Å². The van der Waals surface area contributed by atoms with Crippen molar-refractivity contribution < 1.29 is 9.53 Å². The zero-order valence-corrected chi connectivity index (χ0v) is 13.9. The third-order valence-electron chi connectivity index (χ3n) is 4.64. The fourth-order valence-electron chi connectivity index (χ4n) is 3.41. The molecule has 0 aliphatic carbocycles. The summed E-state index contributed by atoms with van der Waals surface area (Å²) in [5, 5.41) is 3.23. The van der Waals surface area contributed by atoms with E-state index in [1.54, 1.807) is 0 Å². The third-order valence-corrected chi connectivity index (χ3v) is 4.64. The Bertz CT molecular complexity index is 501. The second kappa shape index (κ2) is 7.95. The normalized spacial score (nSPS) is 21.9. The van der Waals surface area contributed by atoms with Gasteiger partial charge in [0.05, 0.1) is 6.61 Å². The molecule has 2 heterocycles. The summed E-state index contributed by atoms with van der Waals surface area (Å²) in [6.45, 7) is 3.40. The number of amides is 1. The smallest absolute Gasteiger partial charge is 0.256 e. The molecule has 0 saturated carbocycles. The summed E-state index contributed by atoms with van der Waals surface area (Å²) in [6, 6.07) is 8.17. The van der Waals surface area contributed by atoms with Crippen LogP contribution in [0.15, 0.2) is 24.3 Å². The molecule has 2 aliphatic rings.